The summed E-state index contributed by atoms with van der Waals surface area (Å²) in [4.78, 5) is 8.92. The molecule has 2 aliphatic heterocycles. The zero-order chi connectivity index (χ0) is 33.5. The van der Waals surface area contributed by atoms with Crippen molar-refractivity contribution in [1.29, 1.82) is 10.8 Å². The quantitative estimate of drug-likeness (QED) is 0.155. The van der Waals surface area contributed by atoms with E-state index < -0.39 is 19.9 Å². The van der Waals surface area contributed by atoms with E-state index in [9.17, 15) is 16.8 Å². The molecule has 13 heteroatoms. The van der Waals surface area contributed by atoms with Gasteiger partial charge >= 0.3 is 0 Å². The second-order valence-electron chi connectivity index (χ2n) is 11.4. The molecule has 0 radical (unpaired) electrons. The molecule has 4 rings (SSSR count). The smallest absolute Gasteiger partial charge is 0.238 e. The highest BCUT2D eigenvalue weighted by Crippen LogP contribution is 2.17. The lowest BCUT2D eigenvalue weighted by atomic mass is 9.98. The third-order valence-electron chi connectivity index (χ3n) is 7.55. The number of piperidine rings is 2. The molecule has 0 saturated carbocycles. The highest BCUT2D eigenvalue weighted by molar-refractivity contribution is 7.90. The van der Waals surface area contributed by atoms with Crippen molar-refractivity contribution in [2.24, 2.45) is 17.0 Å². The van der Waals surface area contributed by atoms with Gasteiger partial charge in [0.2, 0.25) is 10.0 Å². The summed E-state index contributed by atoms with van der Waals surface area (Å²) in [5, 5.41) is 27.9. The van der Waals surface area contributed by atoms with Crippen LogP contribution in [0.15, 0.2) is 58.3 Å². The van der Waals surface area contributed by atoms with E-state index in [4.69, 9.17) is 21.2 Å². The topological polar surface area (TPSA) is 178 Å². The first-order chi connectivity index (χ1) is 20.5. The van der Waals surface area contributed by atoms with E-state index in [1.54, 1.807) is 50.2 Å². The molecule has 0 aliphatic carbocycles. The van der Waals surface area contributed by atoms with Crippen LogP contribution in [0.2, 0.25) is 0 Å². The number of nitrogens with two attached hydrogens (primary N) is 1. The number of likely N-dealkylation sites (tertiary alicyclic amines) is 2. The molecule has 0 atom stereocenters. The van der Waals surface area contributed by atoms with Gasteiger partial charge in [0.25, 0.3) is 0 Å². The molecule has 2 aromatic rings. The van der Waals surface area contributed by atoms with Gasteiger partial charge in [0.15, 0.2) is 9.84 Å². The van der Waals surface area contributed by atoms with Crippen LogP contribution in [0.5, 0.6) is 0 Å². The number of nitrogens with one attached hydrogen (secondary N) is 2. The molecule has 2 heterocycles. The van der Waals surface area contributed by atoms with Crippen molar-refractivity contribution in [2.45, 2.75) is 70.1 Å². The van der Waals surface area contributed by atoms with Crippen LogP contribution in [0.3, 0.4) is 0 Å². The van der Waals surface area contributed by atoms with Crippen molar-refractivity contribution in [1.82, 2.24) is 9.80 Å². The van der Waals surface area contributed by atoms with Crippen molar-refractivity contribution in [2.75, 3.05) is 39.0 Å². The van der Waals surface area contributed by atoms with Crippen LogP contribution in [0.4, 0.5) is 0 Å². The third kappa shape index (κ3) is 14.8. The SMILES string of the molecule is CC(=N)N1CCC(C)CC1.CC(=N)N1CCC(COO)CC1.Cc1ccccc1S(C)(=O)=O.Cc1ccccc1S(N)(=O)=O. The summed E-state index contributed by atoms with van der Waals surface area (Å²) in [6.07, 6.45) is 5.76. The zero-order valence-electron chi connectivity index (χ0n) is 26.9. The van der Waals surface area contributed by atoms with Gasteiger partial charge in [-0.25, -0.2) is 26.9 Å². The van der Waals surface area contributed by atoms with Crippen LogP contribution < -0.4 is 5.14 Å². The van der Waals surface area contributed by atoms with E-state index in [1.807, 2.05) is 24.8 Å². The third-order valence-corrected chi connectivity index (χ3v) is 9.88. The van der Waals surface area contributed by atoms with Crippen molar-refractivity contribution in [3.8, 4) is 0 Å². The zero-order valence-corrected chi connectivity index (χ0v) is 28.5. The Bertz CT molecular complexity index is 1330. The van der Waals surface area contributed by atoms with Gasteiger partial charge in [-0.15, -0.1) is 0 Å². The van der Waals surface area contributed by atoms with Gasteiger partial charge in [0, 0.05) is 32.4 Å². The number of primary sulfonamides is 1. The van der Waals surface area contributed by atoms with Crippen LogP contribution >= 0.6 is 0 Å². The lowest BCUT2D eigenvalue weighted by molar-refractivity contribution is -0.252. The number of aryl methyl sites for hydroxylation is 2. The Hall–Kier alpha value is -2.84. The Kier molecular flexibility index (Phi) is 16.8. The number of rotatable bonds is 4. The van der Waals surface area contributed by atoms with Gasteiger partial charge in [0.1, 0.15) is 0 Å². The van der Waals surface area contributed by atoms with Crippen LogP contribution in [0, 0.1) is 36.5 Å². The molecule has 11 nitrogen and oxygen atoms in total. The van der Waals surface area contributed by atoms with E-state index >= 15 is 0 Å². The molecule has 2 aliphatic rings. The maximum atomic E-state index is 11.1. The molecule has 248 valence electrons. The van der Waals surface area contributed by atoms with E-state index in [0.29, 0.717) is 28.8 Å². The molecule has 2 fully saturated rings. The van der Waals surface area contributed by atoms with Gasteiger partial charge < -0.3 is 9.80 Å². The van der Waals surface area contributed by atoms with Crippen molar-refractivity contribution >= 4 is 31.5 Å². The van der Waals surface area contributed by atoms with E-state index in [0.717, 1.165) is 56.3 Å². The summed E-state index contributed by atoms with van der Waals surface area (Å²) in [5.41, 5.74) is 1.48. The summed E-state index contributed by atoms with van der Waals surface area (Å²) in [5.74, 6) is 2.70. The predicted octanol–water partition coefficient (Wildman–Crippen LogP) is 4.94. The highest BCUT2D eigenvalue weighted by Gasteiger charge is 2.19. The number of sulfonamides is 1. The second kappa shape index (κ2) is 18.8. The standard InChI is InChI=1S/C8H16N2O2.C8H16N2.C8H10O2S.C7H9NO2S/c1-7(9)10-4-2-8(3-5-10)6-12-11;1-7-3-5-10(6-4-7)8(2)9;1-7-5-3-4-6-8(7)11(2,9)10;1-6-4-2-3-5-7(6)11(8,9)10/h8-9,11H,2-6H2,1H3;7,9H,3-6H2,1-2H3;3-6H,1-2H3;2-5H,1H3,(H2,8,9,10). The lowest BCUT2D eigenvalue weighted by Gasteiger charge is -2.31. The van der Waals surface area contributed by atoms with Gasteiger partial charge in [0.05, 0.1) is 28.1 Å². The maximum absolute atomic E-state index is 11.1. The van der Waals surface area contributed by atoms with Crippen LogP contribution in [-0.4, -0.2) is 82.6 Å². The normalized spacial score (nSPS) is 15.9. The molecule has 2 aromatic carbocycles. The molecular formula is C31H51N5O6S2. The average molecular weight is 654 g/mol. The number of hydrogen-bond donors (Lipinski definition) is 4. The van der Waals surface area contributed by atoms with Crippen molar-refractivity contribution < 1.29 is 27.0 Å². The molecule has 0 bridgehead atoms. The highest BCUT2D eigenvalue weighted by atomic mass is 32.2. The minimum Gasteiger partial charge on any atom is -0.361 e. The second-order valence-corrected chi connectivity index (χ2v) is 14.9. The van der Waals surface area contributed by atoms with Crippen molar-refractivity contribution in [3.63, 3.8) is 0 Å². The van der Waals surface area contributed by atoms with Crippen LogP contribution in [0.1, 0.15) is 57.6 Å². The Morgan fingerprint density at radius 1 is 0.818 bits per heavy atom. The van der Waals surface area contributed by atoms with Crippen LogP contribution in [-0.2, 0) is 24.7 Å². The fourth-order valence-electron chi connectivity index (χ4n) is 4.73. The Morgan fingerprint density at radius 2 is 1.20 bits per heavy atom. The Labute approximate surface area is 264 Å². The number of benzene rings is 2. The molecule has 0 unspecified atom stereocenters. The first-order valence-corrected chi connectivity index (χ1v) is 18.1. The first-order valence-electron chi connectivity index (χ1n) is 14.7. The lowest BCUT2D eigenvalue weighted by Crippen LogP contribution is -2.37. The summed E-state index contributed by atoms with van der Waals surface area (Å²) in [7, 11) is -6.57. The molecule has 2 saturated heterocycles. The summed E-state index contributed by atoms with van der Waals surface area (Å²) in [6, 6.07) is 13.6. The molecule has 0 aromatic heterocycles. The summed E-state index contributed by atoms with van der Waals surface area (Å²) < 4.78 is 43.8. The van der Waals surface area contributed by atoms with Gasteiger partial charge in [-0.1, -0.05) is 43.3 Å². The monoisotopic (exact) mass is 653 g/mol. The fourth-order valence-corrected chi connectivity index (χ4v) is 6.50. The molecular weight excluding hydrogens is 603 g/mol. The minimum absolute atomic E-state index is 0.194. The average Bonchev–Trinajstić information content (AvgIpc) is 2.94. The predicted molar refractivity (Wildman–Crippen MR) is 176 cm³/mol. The molecule has 5 N–H and O–H groups in total. The Morgan fingerprint density at radius 3 is 1.50 bits per heavy atom. The van der Waals surface area contributed by atoms with E-state index in [2.05, 4.69) is 16.7 Å². The summed E-state index contributed by atoms with van der Waals surface area (Å²) >= 11 is 0. The fraction of sp³-hybridized carbons (Fsp3) is 0.548. The minimum atomic E-state index is -3.53. The number of amidine groups is 2. The number of sulfone groups is 1. The maximum Gasteiger partial charge on any atom is 0.238 e. The summed E-state index contributed by atoms with van der Waals surface area (Å²) in [6.45, 7) is 13.9. The first kappa shape index (κ1) is 39.2. The van der Waals surface area contributed by atoms with Crippen LogP contribution in [0.25, 0.3) is 0 Å². The van der Waals surface area contributed by atoms with Gasteiger partial charge in [-0.05, 0) is 88.5 Å². The van der Waals surface area contributed by atoms with Gasteiger partial charge in [-0.3, -0.25) is 16.1 Å². The van der Waals surface area contributed by atoms with Gasteiger partial charge in [-0.2, -0.15) is 0 Å². The largest absolute Gasteiger partial charge is 0.361 e. The van der Waals surface area contributed by atoms with Crippen molar-refractivity contribution in [3.05, 3.63) is 59.7 Å². The van der Waals surface area contributed by atoms with E-state index in [-0.39, 0.29) is 4.90 Å². The molecule has 0 amide bonds. The van der Waals surface area contributed by atoms with E-state index in [1.165, 1.54) is 25.2 Å². The Balaban J connectivity index is 0.000000294. The molecule has 0 spiro atoms. The number of nitrogens with zero attached hydrogens (tertiary/aromatic N) is 2. The number of hydrogen-bond acceptors (Lipinski definition) is 8. The molecule has 44 heavy (non-hydrogen) atoms.